The van der Waals surface area contributed by atoms with Gasteiger partial charge >= 0.3 is 0 Å². The van der Waals surface area contributed by atoms with E-state index in [-0.39, 0.29) is 17.9 Å². The number of para-hydroxylation sites is 2. The van der Waals surface area contributed by atoms with Crippen LogP contribution in [0.2, 0.25) is 5.02 Å². The number of fused-ring (bicyclic) bond motifs is 3. The highest BCUT2D eigenvalue weighted by atomic mass is 35.5. The van der Waals surface area contributed by atoms with Gasteiger partial charge in [-0.1, -0.05) is 48.0 Å². The molecule has 3 aromatic carbocycles. The fourth-order valence-electron chi connectivity index (χ4n) is 5.55. The van der Waals surface area contributed by atoms with Crippen molar-refractivity contribution in [2.24, 2.45) is 5.92 Å². The summed E-state index contributed by atoms with van der Waals surface area (Å²) in [5, 5.41) is 3.89. The molecule has 2 aliphatic heterocycles. The van der Waals surface area contributed by atoms with Gasteiger partial charge in [0.25, 0.3) is 0 Å². The van der Waals surface area contributed by atoms with E-state index in [0.29, 0.717) is 11.6 Å². The Morgan fingerprint density at radius 3 is 2.58 bits per heavy atom. The zero-order valence-corrected chi connectivity index (χ0v) is 21.5. The molecule has 0 aromatic heterocycles. The first kappa shape index (κ1) is 24.3. The van der Waals surface area contributed by atoms with Gasteiger partial charge in [0.1, 0.15) is 11.5 Å². The monoisotopic (exact) mass is 505 g/mol. The average molecular weight is 506 g/mol. The summed E-state index contributed by atoms with van der Waals surface area (Å²) >= 11 is 6.34. The Bertz CT molecular complexity index is 1230. The number of piperazine rings is 1. The highest BCUT2D eigenvalue weighted by Gasteiger charge is 2.41. The summed E-state index contributed by atoms with van der Waals surface area (Å²) in [6.07, 6.45) is 1.44. The van der Waals surface area contributed by atoms with E-state index in [1.54, 1.807) is 14.2 Å². The van der Waals surface area contributed by atoms with Gasteiger partial charge < -0.3 is 24.6 Å². The lowest BCUT2D eigenvalue weighted by atomic mass is 9.83. The van der Waals surface area contributed by atoms with E-state index >= 15 is 0 Å². The van der Waals surface area contributed by atoms with Gasteiger partial charge in [-0.25, -0.2) is 0 Å². The van der Waals surface area contributed by atoms with Crippen LogP contribution in [-0.4, -0.2) is 52.3 Å². The maximum Gasteiger partial charge on any atom is 0.225 e. The van der Waals surface area contributed by atoms with Crippen LogP contribution in [-0.2, 0) is 17.6 Å². The van der Waals surface area contributed by atoms with Gasteiger partial charge in [0.15, 0.2) is 0 Å². The van der Waals surface area contributed by atoms with Crippen molar-refractivity contribution in [3.05, 3.63) is 82.9 Å². The van der Waals surface area contributed by atoms with Crippen LogP contribution in [0.3, 0.4) is 0 Å². The summed E-state index contributed by atoms with van der Waals surface area (Å²) < 4.78 is 11.1. The third-order valence-corrected chi connectivity index (χ3v) is 7.56. The Morgan fingerprint density at radius 2 is 1.75 bits per heavy atom. The second kappa shape index (κ2) is 10.7. The van der Waals surface area contributed by atoms with E-state index in [0.717, 1.165) is 55.2 Å². The summed E-state index contributed by atoms with van der Waals surface area (Å²) in [5.41, 5.74) is 4.53. The first-order chi connectivity index (χ1) is 17.6. The maximum absolute atomic E-state index is 13.6. The molecule has 0 radical (unpaired) electrons. The third kappa shape index (κ3) is 4.82. The number of methoxy groups -OCH3 is 2. The number of carbonyl (C=O) groups is 1. The second-order valence-electron chi connectivity index (χ2n) is 9.32. The van der Waals surface area contributed by atoms with Gasteiger partial charge in [0.05, 0.1) is 31.9 Å². The zero-order valence-electron chi connectivity index (χ0n) is 20.7. The number of amides is 1. The molecule has 2 heterocycles. The van der Waals surface area contributed by atoms with Crippen LogP contribution >= 0.6 is 11.6 Å². The van der Waals surface area contributed by atoms with Gasteiger partial charge in [0.2, 0.25) is 5.91 Å². The molecule has 2 aliphatic rings. The lowest BCUT2D eigenvalue weighted by Gasteiger charge is -2.49. The fourth-order valence-corrected chi connectivity index (χ4v) is 5.71. The highest BCUT2D eigenvalue weighted by molar-refractivity contribution is 6.31. The minimum atomic E-state index is -0.162. The number of nitrogens with zero attached hydrogens (tertiary/aromatic N) is 2. The summed E-state index contributed by atoms with van der Waals surface area (Å²) in [5.74, 6) is 1.57. The molecule has 0 saturated carbocycles. The molecule has 36 heavy (non-hydrogen) atoms. The van der Waals surface area contributed by atoms with Crippen LogP contribution in [0.15, 0.2) is 66.7 Å². The van der Waals surface area contributed by atoms with Crippen molar-refractivity contribution in [3.63, 3.8) is 0 Å². The molecule has 0 bridgehead atoms. The van der Waals surface area contributed by atoms with E-state index in [2.05, 4.69) is 39.4 Å². The minimum Gasteiger partial charge on any atom is -0.496 e. The van der Waals surface area contributed by atoms with Crippen LogP contribution in [0, 0.1) is 5.92 Å². The Hall–Kier alpha value is -3.38. The van der Waals surface area contributed by atoms with Crippen LogP contribution in [0.5, 0.6) is 11.5 Å². The minimum absolute atomic E-state index is 0.0450. The van der Waals surface area contributed by atoms with Gasteiger partial charge in [0, 0.05) is 36.9 Å². The number of ether oxygens (including phenoxy) is 2. The zero-order chi connectivity index (χ0) is 25.1. The molecule has 1 amide bonds. The highest BCUT2D eigenvalue weighted by Crippen LogP contribution is 2.39. The molecule has 0 aliphatic carbocycles. The smallest absolute Gasteiger partial charge is 0.225 e. The van der Waals surface area contributed by atoms with Crippen molar-refractivity contribution < 1.29 is 14.3 Å². The molecule has 0 spiro atoms. The van der Waals surface area contributed by atoms with E-state index in [9.17, 15) is 4.79 Å². The average Bonchev–Trinajstić information content (AvgIpc) is 2.92. The molecular weight excluding hydrogens is 474 g/mol. The number of rotatable bonds is 7. The largest absolute Gasteiger partial charge is 0.496 e. The standard InChI is InChI=1S/C29H32ClN3O3/c1-35-27-10-6-4-7-20(27)13-14-31-29(34)23-17-21-8-3-5-9-24(21)33-16-15-32(19-26(23)33)25-18-22(30)11-12-28(25)36-2/h3-12,18,23,26H,13-17,19H2,1-2H3,(H,31,34)/t23-,26-/m0/s1. The van der Waals surface area contributed by atoms with Crippen molar-refractivity contribution >= 4 is 28.9 Å². The quantitative estimate of drug-likeness (QED) is 0.509. The summed E-state index contributed by atoms with van der Waals surface area (Å²) in [7, 11) is 3.35. The van der Waals surface area contributed by atoms with Crippen molar-refractivity contribution in [3.8, 4) is 11.5 Å². The number of nitrogens with one attached hydrogen (secondary N) is 1. The number of carbonyl (C=O) groups excluding carboxylic acids is 1. The lowest BCUT2D eigenvalue weighted by Crippen LogP contribution is -2.61. The van der Waals surface area contributed by atoms with Crippen LogP contribution in [0.4, 0.5) is 11.4 Å². The first-order valence-electron chi connectivity index (χ1n) is 12.4. The van der Waals surface area contributed by atoms with Crippen LogP contribution < -0.4 is 24.6 Å². The maximum atomic E-state index is 13.6. The number of halogens is 1. The molecule has 7 heteroatoms. The molecule has 3 aromatic rings. The van der Waals surface area contributed by atoms with Gasteiger partial charge in [-0.15, -0.1) is 0 Å². The predicted molar refractivity (Wildman–Crippen MR) is 145 cm³/mol. The Morgan fingerprint density at radius 1 is 0.972 bits per heavy atom. The lowest BCUT2D eigenvalue weighted by molar-refractivity contribution is -0.125. The Labute approximate surface area is 217 Å². The van der Waals surface area contributed by atoms with Gasteiger partial charge in [-0.3, -0.25) is 4.79 Å². The summed E-state index contributed by atoms with van der Waals surface area (Å²) in [6, 6.07) is 22.2. The molecule has 1 saturated heterocycles. The molecule has 5 rings (SSSR count). The van der Waals surface area contributed by atoms with Crippen LogP contribution in [0.1, 0.15) is 11.1 Å². The molecule has 188 valence electrons. The summed E-state index contributed by atoms with van der Waals surface area (Å²) in [4.78, 5) is 18.3. The normalized spacial score (nSPS) is 18.8. The molecule has 2 atom stereocenters. The van der Waals surface area contributed by atoms with E-state index in [4.69, 9.17) is 21.1 Å². The molecule has 0 unspecified atom stereocenters. The molecule has 1 fully saturated rings. The number of hydrogen-bond acceptors (Lipinski definition) is 5. The first-order valence-corrected chi connectivity index (χ1v) is 12.8. The van der Waals surface area contributed by atoms with Crippen molar-refractivity contribution in [1.82, 2.24) is 5.32 Å². The van der Waals surface area contributed by atoms with E-state index in [1.807, 2.05) is 42.5 Å². The number of hydrogen-bond donors (Lipinski definition) is 1. The topological polar surface area (TPSA) is 54.0 Å². The fraction of sp³-hybridized carbons (Fsp3) is 0.345. The van der Waals surface area contributed by atoms with Gasteiger partial charge in [-0.05, 0) is 54.3 Å². The van der Waals surface area contributed by atoms with E-state index < -0.39 is 0 Å². The molecule has 6 nitrogen and oxygen atoms in total. The Balaban J connectivity index is 1.36. The van der Waals surface area contributed by atoms with Crippen molar-refractivity contribution in [2.45, 2.75) is 18.9 Å². The second-order valence-corrected chi connectivity index (χ2v) is 9.75. The van der Waals surface area contributed by atoms with Crippen LogP contribution in [0.25, 0.3) is 0 Å². The van der Waals surface area contributed by atoms with E-state index in [1.165, 1.54) is 11.3 Å². The molecular formula is C29H32ClN3O3. The number of anilines is 2. The SMILES string of the molecule is COc1ccccc1CCNC(=O)[C@H]1Cc2ccccc2N2CCN(c3cc(Cl)ccc3OC)C[C@@H]12. The Kier molecular flexibility index (Phi) is 7.23. The van der Waals surface area contributed by atoms with Gasteiger partial charge in [-0.2, -0.15) is 0 Å². The number of benzene rings is 3. The molecule has 1 N–H and O–H groups in total. The summed E-state index contributed by atoms with van der Waals surface area (Å²) in [6.45, 7) is 2.93. The van der Waals surface area contributed by atoms with Crippen molar-refractivity contribution in [2.75, 3.05) is 50.2 Å². The third-order valence-electron chi connectivity index (χ3n) is 7.33. The predicted octanol–water partition coefficient (Wildman–Crippen LogP) is 4.58. The van der Waals surface area contributed by atoms with Crippen molar-refractivity contribution in [1.29, 1.82) is 0 Å².